The van der Waals surface area contributed by atoms with E-state index in [1.165, 1.54) is 5.56 Å². The van der Waals surface area contributed by atoms with E-state index in [0.29, 0.717) is 5.84 Å². The van der Waals surface area contributed by atoms with Crippen molar-refractivity contribution in [3.63, 3.8) is 0 Å². The van der Waals surface area contributed by atoms with Gasteiger partial charge in [0.15, 0.2) is 5.84 Å². The number of nitrogens with zero attached hydrogens (tertiary/aromatic N) is 2. The number of aliphatic imine (C=N–C) groups is 2. The molecular formula is C49H36N2O. The Balaban J connectivity index is 1.37. The van der Waals surface area contributed by atoms with Gasteiger partial charge in [-0.15, -0.1) is 0 Å². The van der Waals surface area contributed by atoms with Gasteiger partial charge in [0.1, 0.15) is 11.2 Å². The molecule has 3 nitrogen and oxygen atoms in total. The molecule has 0 aliphatic heterocycles. The first-order chi connectivity index (χ1) is 25.7. The Labute approximate surface area is 303 Å². The molecule has 0 saturated heterocycles. The molecule has 0 aliphatic carbocycles. The third-order valence-electron chi connectivity index (χ3n) is 9.35. The summed E-state index contributed by atoms with van der Waals surface area (Å²) >= 11 is 0. The van der Waals surface area contributed by atoms with E-state index < -0.39 is 0 Å². The maximum atomic E-state index is 6.68. The zero-order valence-electron chi connectivity index (χ0n) is 28.9. The highest BCUT2D eigenvalue weighted by Gasteiger charge is 2.17. The van der Waals surface area contributed by atoms with Gasteiger partial charge in [0, 0.05) is 21.9 Å². The number of amidine groups is 1. The highest BCUT2D eigenvalue weighted by molar-refractivity contribution is 6.21. The van der Waals surface area contributed by atoms with E-state index in [1.54, 1.807) is 0 Å². The first-order valence-electron chi connectivity index (χ1n) is 17.5. The van der Waals surface area contributed by atoms with E-state index in [9.17, 15) is 0 Å². The molecule has 0 bridgehead atoms. The Kier molecular flexibility index (Phi) is 9.06. The Morgan fingerprint density at radius 1 is 0.558 bits per heavy atom. The summed E-state index contributed by atoms with van der Waals surface area (Å²) in [5.74, 6) is 0.543. The van der Waals surface area contributed by atoms with Gasteiger partial charge in [0.2, 0.25) is 0 Å². The number of hydrogen-bond donors (Lipinski definition) is 0. The Morgan fingerprint density at radius 3 is 1.88 bits per heavy atom. The van der Waals surface area contributed by atoms with E-state index >= 15 is 0 Å². The molecule has 52 heavy (non-hydrogen) atoms. The third kappa shape index (κ3) is 6.44. The van der Waals surface area contributed by atoms with Gasteiger partial charge in [-0.25, -0.2) is 9.98 Å². The van der Waals surface area contributed by atoms with Crippen LogP contribution in [0.1, 0.15) is 18.1 Å². The predicted molar refractivity (Wildman–Crippen MR) is 222 cm³/mol. The van der Waals surface area contributed by atoms with Crippen LogP contribution < -0.4 is 10.4 Å². The summed E-state index contributed by atoms with van der Waals surface area (Å²) in [6, 6.07) is 54.5. The second-order valence-electron chi connectivity index (χ2n) is 12.6. The van der Waals surface area contributed by atoms with E-state index in [-0.39, 0.29) is 0 Å². The maximum Gasteiger partial charge on any atom is 0.159 e. The molecule has 0 saturated carbocycles. The second-order valence-corrected chi connectivity index (χ2v) is 12.6. The van der Waals surface area contributed by atoms with Crippen molar-refractivity contribution in [2.45, 2.75) is 6.92 Å². The van der Waals surface area contributed by atoms with E-state index in [0.717, 1.165) is 76.7 Å². The van der Waals surface area contributed by atoms with Crippen LogP contribution in [0.15, 0.2) is 190 Å². The quantitative estimate of drug-likeness (QED) is 0.123. The van der Waals surface area contributed by atoms with Crippen LogP contribution in [0.4, 0.5) is 0 Å². The van der Waals surface area contributed by atoms with Gasteiger partial charge in [-0.3, -0.25) is 0 Å². The zero-order valence-corrected chi connectivity index (χ0v) is 28.9. The molecule has 3 heteroatoms. The minimum absolute atomic E-state index is 0.543. The third-order valence-corrected chi connectivity index (χ3v) is 9.35. The highest BCUT2D eigenvalue weighted by atomic mass is 16.3. The molecule has 0 unspecified atom stereocenters. The maximum absolute atomic E-state index is 6.68. The fourth-order valence-electron chi connectivity index (χ4n) is 6.79. The van der Waals surface area contributed by atoms with E-state index in [1.807, 2.05) is 55.5 Å². The zero-order chi connectivity index (χ0) is 35.3. The lowest BCUT2D eigenvalue weighted by Gasteiger charge is -2.10. The highest BCUT2D eigenvalue weighted by Crippen LogP contribution is 2.40. The number of allylic oxidation sites excluding steroid dienone is 3. The number of benzene rings is 7. The summed E-state index contributed by atoms with van der Waals surface area (Å²) in [6.45, 7) is 5.94. The first kappa shape index (κ1) is 32.4. The normalized spacial score (nSPS) is 13.2. The largest absolute Gasteiger partial charge is 0.456 e. The van der Waals surface area contributed by atoms with Crippen LogP contribution in [0.25, 0.3) is 72.8 Å². The van der Waals surface area contributed by atoms with Crippen molar-refractivity contribution in [1.82, 2.24) is 0 Å². The van der Waals surface area contributed by atoms with Crippen LogP contribution in [0.3, 0.4) is 0 Å². The molecule has 0 radical (unpaired) electrons. The van der Waals surface area contributed by atoms with E-state index in [2.05, 4.69) is 151 Å². The topological polar surface area (TPSA) is 37.9 Å². The lowest BCUT2D eigenvalue weighted by molar-refractivity contribution is 0.669. The molecule has 0 aliphatic rings. The molecule has 1 heterocycles. The summed E-state index contributed by atoms with van der Waals surface area (Å²) in [5.41, 5.74) is 8.84. The summed E-state index contributed by atoms with van der Waals surface area (Å²) in [4.78, 5) is 9.63. The van der Waals surface area contributed by atoms with Crippen molar-refractivity contribution in [3.05, 3.63) is 198 Å². The molecule has 0 spiro atoms. The summed E-state index contributed by atoms with van der Waals surface area (Å²) in [5, 5.41) is 6.52. The standard InChI is InChI=1S/C49H36N2O/c1-3-4-16-38-31-39(34-17-8-5-9-18-34)26-25-36(38)28-30-45(51-49(50-2)37-21-12-7-13-22-37)44-33-47-48(42-24-15-14-23-41(42)44)43-29-27-40(32-46(43)52-47)35-19-10-6-11-20-35/h3-33H,2H2,1H3/b4-3+,36-28-,38-16-,45-30-,51-49-. The molecular weight excluding hydrogens is 633 g/mol. The van der Waals surface area contributed by atoms with Crippen molar-refractivity contribution < 1.29 is 4.42 Å². The Hall–Kier alpha value is -6.84. The Morgan fingerprint density at radius 2 is 1.19 bits per heavy atom. The fourth-order valence-corrected chi connectivity index (χ4v) is 6.79. The smallest absolute Gasteiger partial charge is 0.159 e. The van der Waals surface area contributed by atoms with Gasteiger partial charge in [0.25, 0.3) is 0 Å². The molecule has 0 amide bonds. The van der Waals surface area contributed by atoms with Gasteiger partial charge < -0.3 is 4.42 Å². The summed E-state index contributed by atoms with van der Waals surface area (Å²) < 4.78 is 6.68. The van der Waals surface area contributed by atoms with Crippen LogP contribution in [-0.2, 0) is 0 Å². The Bertz CT molecular complexity index is 2790. The molecule has 1 aromatic heterocycles. The average molecular weight is 669 g/mol. The fraction of sp³-hybridized carbons (Fsp3) is 0.0204. The van der Waals surface area contributed by atoms with Crippen LogP contribution in [0.5, 0.6) is 0 Å². The van der Waals surface area contributed by atoms with Crippen LogP contribution in [0, 0.1) is 0 Å². The summed E-state index contributed by atoms with van der Waals surface area (Å²) in [7, 11) is 0. The average Bonchev–Trinajstić information content (AvgIpc) is 3.59. The lowest BCUT2D eigenvalue weighted by Crippen LogP contribution is -2.23. The molecule has 248 valence electrons. The van der Waals surface area contributed by atoms with Crippen molar-refractivity contribution in [3.8, 4) is 22.3 Å². The van der Waals surface area contributed by atoms with Gasteiger partial charge in [-0.05, 0) is 87.4 Å². The first-order valence-corrected chi connectivity index (χ1v) is 17.5. The monoisotopic (exact) mass is 668 g/mol. The number of hydrogen-bond acceptors (Lipinski definition) is 2. The molecule has 0 fully saturated rings. The minimum atomic E-state index is 0.543. The summed E-state index contributed by atoms with van der Waals surface area (Å²) in [6.07, 6.45) is 10.5. The molecule has 8 aromatic rings. The van der Waals surface area contributed by atoms with Gasteiger partial charge in [0.05, 0.1) is 5.70 Å². The van der Waals surface area contributed by atoms with Crippen molar-refractivity contribution in [1.29, 1.82) is 0 Å². The molecule has 0 atom stereocenters. The number of furan rings is 1. The number of rotatable bonds is 7. The predicted octanol–water partition coefficient (Wildman–Crippen LogP) is 11.4. The lowest BCUT2D eigenvalue weighted by atomic mass is 9.96. The van der Waals surface area contributed by atoms with Crippen molar-refractivity contribution >= 4 is 63.1 Å². The second kappa shape index (κ2) is 14.6. The van der Waals surface area contributed by atoms with E-state index in [4.69, 9.17) is 9.41 Å². The molecule has 0 N–H and O–H groups in total. The van der Waals surface area contributed by atoms with Crippen LogP contribution >= 0.6 is 0 Å². The molecule has 7 aromatic carbocycles. The van der Waals surface area contributed by atoms with Gasteiger partial charge in [-0.1, -0.05) is 158 Å². The van der Waals surface area contributed by atoms with Gasteiger partial charge in [-0.2, -0.15) is 0 Å². The van der Waals surface area contributed by atoms with Crippen molar-refractivity contribution in [2.75, 3.05) is 0 Å². The van der Waals surface area contributed by atoms with Gasteiger partial charge >= 0.3 is 0 Å². The SMILES string of the molecule is C=N\C(=N/C(=C\C=c1\ccc(-c2ccccc2)c\c1=C\C=C\C)c1cc2oc3cc(-c4ccccc4)ccc3c2c2ccccc12)c1ccccc1. The van der Waals surface area contributed by atoms with Crippen LogP contribution in [-0.4, -0.2) is 12.6 Å². The van der Waals surface area contributed by atoms with Crippen LogP contribution in [0.2, 0.25) is 0 Å². The number of fused-ring (bicyclic) bond motifs is 5. The molecule has 8 rings (SSSR count). The minimum Gasteiger partial charge on any atom is -0.456 e. The van der Waals surface area contributed by atoms with Crippen molar-refractivity contribution in [2.24, 2.45) is 9.98 Å².